The van der Waals surface area contributed by atoms with Gasteiger partial charge in [0.1, 0.15) is 17.3 Å². The largest absolute Gasteiger partial charge is 0.508 e. The van der Waals surface area contributed by atoms with Crippen LogP contribution in [-0.2, 0) is 9.53 Å². The molecule has 4 aromatic carbocycles. The number of ether oxygens (including phenoxy) is 1. The third-order valence-electron chi connectivity index (χ3n) is 7.95. The Kier molecular flexibility index (Phi) is 11.1. The van der Waals surface area contributed by atoms with Gasteiger partial charge in [0.25, 0.3) is 0 Å². The zero-order valence-electron chi connectivity index (χ0n) is 25.1. The third kappa shape index (κ3) is 8.43. The highest BCUT2D eigenvalue weighted by atomic mass is 32.2. The second kappa shape index (κ2) is 15.4. The van der Waals surface area contributed by atoms with Crippen molar-refractivity contribution in [1.29, 1.82) is 0 Å². The van der Waals surface area contributed by atoms with Crippen molar-refractivity contribution in [1.82, 2.24) is 0 Å². The number of hydrogen-bond donors (Lipinski definition) is 3. The van der Waals surface area contributed by atoms with Crippen molar-refractivity contribution in [3.63, 3.8) is 0 Å². The first-order valence-corrected chi connectivity index (χ1v) is 16.1. The molecule has 236 valence electrons. The van der Waals surface area contributed by atoms with E-state index in [9.17, 15) is 24.5 Å². The van der Waals surface area contributed by atoms with Crippen molar-refractivity contribution in [2.24, 2.45) is 0 Å². The first-order chi connectivity index (χ1) is 21.8. The van der Waals surface area contributed by atoms with E-state index >= 15 is 0 Å². The molecule has 45 heavy (non-hydrogen) atoms. The van der Waals surface area contributed by atoms with Gasteiger partial charge in [-0.1, -0.05) is 61.5 Å². The Morgan fingerprint density at radius 2 is 1.71 bits per heavy atom. The maximum atomic E-state index is 12.4. The molecule has 7 nitrogen and oxygen atoms in total. The highest BCUT2D eigenvalue weighted by Crippen LogP contribution is 2.43. The summed E-state index contributed by atoms with van der Waals surface area (Å²) in [4.78, 5) is 14.0. The van der Waals surface area contributed by atoms with E-state index in [1.807, 2.05) is 73.7 Å². The topological polar surface area (TPSA) is 99.5 Å². The van der Waals surface area contributed by atoms with Gasteiger partial charge in [0.2, 0.25) is 5.91 Å². The number of phenols is 1. The number of carbonyl (C=O) groups is 1. The van der Waals surface area contributed by atoms with Crippen molar-refractivity contribution >= 4 is 23.6 Å². The first-order valence-electron chi connectivity index (χ1n) is 15.2. The van der Waals surface area contributed by atoms with Gasteiger partial charge < -0.3 is 29.1 Å². The van der Waals surface area contributed by atoms with E-state index in [0.717, 1.165) is 33.7 Å². The quantitative estimate of drug-likeness (QED) is 0.131. The van der Waals surface area contributed by atoms with Crippen LogP contribution in [0.15, 0.2) is 97.1 Å². The summed E-state index contributed by atoms with van der Waals surface area (Å²) in [6, 6.07) is 28.6. The number of anilines is 1. The molecule has 0 saturated carbocycles. The molecule has 2 saturated heterocycles. The number of hydrogen-bond acceptors (Lipinski definition) is 7. The number of aliphatic hydroxyl groups is 2. The number of amides is 1. The van der Waals surface area contributed by atoms with Crippen molar-refractivity contribution in [2.45, 2.75) is 57.0 Å². The van der Waals surface area contributed by atoms with Crippen molar-refractivity contribution < 1.29 is 33.4 Å². The molecule has 2 aliphatic heterocycles. The van der Waals surface area contributed by atoms with Crippen molar-refractivity contribution in [3.8, 4) is 22.6 Å². The van der Waals surface area contributed by atoms with E-state index in [1.165, 1.54) is 24.2 Å². The van der Waals surface area contributed by atoms with Crippen LogP contribution in [0.3, 0.4) is 0 Å². The van der Waals surface area contributed by atoms with Gasteiger partial charge in [-0.25, -0.2) is 4.39 Å². The predicted molar refractivity (Wildman–Crippen MR) is 175 cm³/mol. The molecule has 9 heteroatoms. The Morgan fingerprint density at radius 1 is 1.00 bits per heavy atom. The highest BCUT2D eigenvalue weighted by Gasteiger charge is 2.39. The molecule has 4 unspecified atom stereocenters. The predicted octanol–water partition coefficient (Wildman–Crippen LogP) is 7.37. The summed E-state index contributed by atoms with van der Waals surface area (Å²) in [5, 5.41) is 29.8. The third-order valence-corrected chi connectivity index (χ3v) is 8.77. The van der Waals surface area contributed by atoms with Crippen LogP contribution < -0.4 is 9.08 Å². The van der Waals surface area contributed by atoms with E-state index in [1.54, 1.807) is 23.1 Å². The number of benzene rings is 4. The zero-order chi connectivity index (χ0) is 31.8. The van der Waals surface area contributed by atoms with Gasteiger partial charge in [0.15, 0.2) is 0 Å². The van der Waals surface area contributed by atoms with E-state index < -0.39 is 6.10 Å². The summed E-state index contributed by atoms with van der Waals surface area (Å²) < 4.78 is 23.8. The van der Waals surface area contributed by atoms with Gasteiger partial charge >= 0.3 is 0 Å². The van der Waals surface area contributed by atoms with E-state index in [-0.39, 0.29) is 35.7 Å². The summed E-state index contributed by atoms with van der Waals surface area (Å²) in [5.74, 6) is 1.37. The number of aromatic hydroxyl groups is 1. The van der Waals surface area contributed by atoms with Crippen LogP contribution in [0.1, 0.15) is 55.9 Å². The number of aliphatic hydroxyl groups excluding tert-OH is 2. The number of carbonyl (C=O) groups excluding carboxylic acids is 1. The molecular weight excluding hydrogens is 593 g/mol. The molecule has 3 N–H and O–H groups in total. The molecule has 4 atom stereocenters. The first kappa shape index (κ1) is 32.5. The van der Waals surface area contributed by atoms with Gasteiger partial charge in [-0.3, -0.25) is 4.79 Å². The van der Waals surface area contributed by atoms with Crippen LogP contribution in [0, 0.1) is 5.82 Å². The molecule has 2 fully saturated rings. The molecule has 0 aliphatic carbocycles. The summed E-state index contributed by atoms with van der Waals surface area (Å²) in [7, 11) is 0. The average molecular weight is 632 g/mol. The lowest BCUT2D eigenvalue weighted by molar-refractivity contribution is -0.124. The molecule has 6 rings (SSSR count). The lowest BCUT2D eigenvalue weighted by atomic mass is 9.90. The minimum Gasteiger partial charge on any atom is -0.508 e. The average Bonchev–Trinajstić information content (AvgIpc) is 3.05. The standard InChI is InChI=1S/C27H27NO5S.C9H11FO/c29-21-12-13-32-23(15-21)17-34-33-22-9-6-18(7-10-22)19-8-11-24(26(30)14-19)25-16-27(31)28(25)20-4-2-1-3-5-20;1-2-9(11)7-3-5-8(10)6-4-7/h1-11,14,21,23,25,29-30H,12-13,15-17H2;3-6,9,11H,2H2,1H3. The number of β-lactam (4-membered cyclic amide) rings is 1. The number of para-hydroxylation sites is 1. The Hall–Kier alpha value is -3.89. The molecule has 0 aromatic heterocycles. The minimum absolute atomic E-state index is 0.0123. The lowest BCUT2D eigenvalue weighted by Gasteiger charge is -2.41. The van der Waals surface area contributed by atoms with Crippen LogP contribution in [0.5, 0.6) is 11.5 Å². The smallest absolute Gasteiger partial charge is 0.230 e. The van der Waals surface area contributed by atoms with Crippen LogP contribution >= 0.6 is 12.0 Å². The van der Waals surface area contributed by atoms with Crippen LogP contribution in [0.4, 0.5) is 10.1 Å². The Morgan fingerprint density at radius 3 is 2.36 bits per heavy atom. The van der Waals surface area contributed by atoms with Crippen molar-refractivity contribution in [3.05, 3.63) is 114 Å². The van der Waals surface area contributed by atoms with E-state index in [0.29, 0.717) is 38.0 Å². The van der Waals surface area contributed by atoms with Crippen LogP contribution in [-0.4, -0.2) is 45.8 Å². The monoisotopic (exact) mass is 631 g/mol. The fourth-order valence-electron chi connectivity index (χ4n) is 5.36. The molecule has 1 amide bonds. The number of rotatable bonds is 9. The Bertz CT molecular complexity index is 1540. The van der Waals surface area contributed by atoms with Gasteiger partial charge in [-0.15, -0.1) is 0 Å². The van der Waals surface area contributed by atoms with Crippen LogP contribution in [0.25, 0.3) is 11.1 Å². The summed E-state index contributed by atoms with van der Waals surface area (Å²) >= 11 is 1.32. The van der Waals surface area contributed by atoms with Crippen LogP contribution in [0.2, 0.25) is 0 Å². The number of nitrogens with zero attached hydrogens (tertiary/aromatic N) is 1. The Balaban J connectivity index is 0.000000309. The number of phenolic OH excluding ortho intramolecular Hbond substituents is 1. The minimum atomic E-state index is -0.462. The van der Waals surface area contributed by atoms with Gasteiger partial charge in [0.05, 0.1) is 48.6 Å². The molecule has 2 aliphatic rings. The molecule has 0 spiro atoms. The van der Waals surface area contributed by atoms with E-state index in [2.05, 4.69) is 0 Å². The number of halogens is 1. The second-order valence-corrected chi connectivity index (χ2v) is 11.9. The molecule has 0 bridgehead atoms. The van der Waals surface area contributed by atoms with E-state index in [4.69, 9.17) is 8.92 Å². The van der Waals surface area contributed by atoms with Gasteiger partial charge in [0, 0.05) is 24.3 Å². The fraction of sp³-hybridized carbons (Fsp3) is 0.306. The van der Waals surface area contributed by atoms with Crippen molar-refractivity contribution in [2.75, 3.05) is 17.3 Å². The highest BCUT2D eigenvalue weighted by molar-refractivity contribution is 7.95. The molecule has 0 radical (unpaired) electrons. The molecule has 4 aromatic rings. The second-order valence-electron chi connectivity index (χ2n) is 11.1. The summed E-state index contributed by atoms with van der Waals surface area (Å²) in [6.07, 6.45) is 1.65. The molecular formula is C36H38FNO6S. The fourth-order valence-corrected chi connectivity index (χ4v) is 6.06. The lowest BCUT2D eigenvalue weighted by Crippen LogP contribution is -2.46. The molecule has 2 heterocycles. The maximum absolute atomic E-state index is 12.4. The summed E-state index contributed by atoms with van der Waals surface area (Å²) in [6.45, 7) is 2.47. The van der Waals surface area contributed by atoms with Gasteiger partial charge in [-0.05, 0) is 72.0 Å². The maximum Gasteiger partial charge on any atom is 0.230 e. The van der Waals surface area contributed by atoms with Gasteiger partial charge in [-0.2, -0.15) is 0 Å². The zero-order valence-corrected chi connectivity index (χ0v) is 25.9. The normalized spacial score (nSPS) is 20.0. The SMILES string of the molecule is CCC(O)c1ccc(F)cc1.O=C1CC(c2ccc(-c3ccc(OSCC4CC(O)CCO4)cc3)cc2O)N1c1ccccc1. The Labute approximate surface area is 267 Å². The summed E-state index contributed by atoms with van der Waals surface area (Å²) in [5.41, 5.74) is 4.21.